The summed E-state index contributed by atoms with van der Waals surface area (Å²) in [5.41, 5.74) is 1.72. The lowest BCUT2D eigenvalue weighted by Gasteiger charge is -2.26. The smallest absolute Gasteiger partial charge is 0.253 e. The second-order valence-electron chi connectivity index (χ2n) is 6.75. The van der Waals surface area contributed by atoms with E-state index < -0.39 is 0 Å². The van der Waals surface area contributed by atoms with Gasteiger partial charge in [-0.15, -0.1) is 0 Å². The highest BCUT2D eigenvalue weighted by molar-refractivity contribution is 6.33. The molecule has 1 aromatic carbocycles. The number of amides is 1. The molecule has 1 atom stereocenters. The molecule has 2 heterocycles. The normalized spacial score (nSPS) is 20.6. The van der Waals surface area contributed by atoms with Crippen molar-refractivity contribution in [3.63, 3.8) is 0 Å². The maximum atomic E-state index is 12.9. The number of rotatable bonds is 6. The third kappa shape index (κ3) is 4.04. The minimum Gasteiger partial charge on any atom is -0.376 e. The van der Waals surface area contributed by atoms with E-state index in [1.165, 1.54) is 12.8 Å². The van der Waals surface area contributed by atoms with Gasteiger partial charge in [0.1, 0.15) is 0 Å². The van der Waals surface area contributed by atoms with E-state index in [0.717, 1.165) is 51.2 Å². The number of carbonyl (C=O) groups is 1. The minimum absolute atomic E-state index is 0.0576. The first-order valence-corrected chi connectivity index (χ1v) is 9.52. The predicted octanol–water partition coefficient (Wildman–Crippen LogP) is 3.97. The van der Waals surface area contributed by atoms with Crippen molar-refractivity contribution in [3.8, 4) is 0 Å². The fraction of sp³-hybridized carbons (Fsp3) is 0.632. The van der Waals surface area contributed by atoms with Gasteiger partial charge in [-0.2, -0.15) is 0 Å². The summed E-state index contributed by atoms with van der Waals surface area (Å²) >= 11 is 6.47. The Morgan fingerprint density at radius 1 is 1.33 bits per heavy atom. The lowest BCUT2D eigenvalue weighted by molar-refractivity contribution is 0.0526. The molecule has 2 aliphatic rings. The van der Waals surface area contributed by atoms with E-state index in [2.05, 4.69) is 11.8 Å². The van der Waals surface area contributed by atoms with E-state index >= 15 is 0 Å². The first kappa shape index (κ1) is 17.6. The van der Waals surface area contributed by atoms with Crippen LogP contribution in [0.1, 0.15) is 49.4 Å². The summed E-state index contributed by atoms with van der Waals surface area (Å²) < 4.78 is 5.70. The highest BCUT2D eigenvalue weighted by atomic mass is 35.5. The molecule has 0 unspecified atom stereocenters. The van der Waals surface area contributed by atoms with Gasteiger partial charge >= 0.3 is 0 Å². The molecule has 0 aromatic heterocycles. The molecular weight excluding hydrogens is 324 g/mol. The fourth-order valence-electron chi connectivity index (χ4n) is 3.62. The van der Waals surface area contributed by atoms with Gasteiger partial charge in [0.05, 0.1) is 16.8 Å². The van der Waals surface area contributed by atoms with E-state index in [1.807, 2.05) is 23.1 Å². The summed E-state index contributed by atoms with van der Waals surface area (Å²) in [6, 6.07) is 5.74. The van der Waals surface area contributed by atoms with Crippen LogP contribution in [0.15, 0.2) is 18.2 Å². The van der Waals surface area contributed by atoms with E-state index in [-0.39, 0.29) is 12.0 Å². The number of ether oxygens (including phenoxy) is 1. The van der Waals surface area contributed by atoms with Crippen LogP contribution in [-0.2, 0) is 4.74 Å². The molecule has 2 saturated heterocycles. The molecule has 0 bridgehead atoms. The first-order valence-electron chi connectivity index (χ1n) is 9.14. The van der Waals surface area contributed by atoms with Crippen LogP contribution in [-0.4, -0.2) is 49.7 Å². The monoisotopic (exact) mass is 350 g/mol. The molecule has 2 fully saturated rings. The Balaban J connectivity index is 1.72. The summed E-state index contributed by atoms with van der Waals surface area (Å²) in [4.78, 5) is 17.1. The van der Waals surface area contributed by atoms with E-state index in [9.17, 15) is 4.79 Å². The molecule has 24 heavy (non-hydrogen) atoms. The molecule has 0 spiro atoms. The maximum Gasteiger partial charge on any atom is 0.253 e. The Kier molecular flexibility index (Phi) is 6.01. The SMILES string of the molecule is CCCN(C[C@H]1CCCO1)C(=O)c1ccc(N2CCCC2)c(Cl)c1. The molecule has 132 valence electrons. The fourth-order valence-corrected chi connectivity index (χ4v) is 3.92. The van der Waals surface area contributed by atoms with Crippen LogP contribution in [0.5, 0.6) is 0 Å². The van der Waals surface area contributed by atoms with Crippen LogP contribution in [0.2, 0.25) is 5.02 Å². The summed E-state index contributed by atoms with van der Waals surface area (Å²) in [5.74, 6) is 0.0576. The van der Waals surface area contributed by atoms with Gasteiger partial charge < -0.3 is 14.5 Å². The van der Waals surface area contributed by atoms with Crippen molar-refractivity contribution < 1.29 is 9.53 Å². The van der Waals surface area contributed by atoms with Gasteiger partial charge in [0.25, 0.3) is 5.91 Å². The van der Waals surface area contributed by atoms with Crippen LogP contribution in [0.25, 0.3) is 0 Å². The zero-order valence-electron chi connectivity index (χ0n) is 14.5. The molecule has 0 saturated carbocycles. The molecule has 1 aromatic rings. The van der Waals surface area contributed by atoms with Crippen molar-refractivity contribution in [1.82, 2.24) is 4.90 Å². The van der Waals surface area contributed by atoms with Crippen LogP contribution in [0, 0.1) is 0 Å². The predicted molar refractivity (Wildman–Crippen MR) is 98.1 cm³/mol. The van der Waals surface area contributed by atoms with Crippen LogP contribution in [0.3, 0.4) is 0 Å². The zero-order chi connectivity index (χ0) is 16.9. The largest absolute Gasteiger partial charge is 0.376 e. The molecule has 0 aliphatic carbocycles. The van der Waals surface area contributed by atoms with Crippen LogP contribution >= 0.6 is 11.6 Å². The van der Waals surface area contributed by atoms with Crippen LogP contribution in [0.4, 0.5) is 5.69 Å². The Hall–Kier alpha value is -1.26. The Morgan fingerprint density at radius 2 is 2.12 bits per heavy atom. The molecule has 3 rings (SSSR count). The quantitative estimate of drug-likeness (QED) is 0.778. The molecule has 4 nitrogen and oxygen atoms in total. The third-order valence-electron chi connectivity index (χ3n) is 4.87. The second kappa shape index (κ2) is 8.21. The third-order valence-corrected chi connectivity index (χ3v) is 5.17. The number of halogens is 1. The summed E-state index contributed by atoms with van der Waals surface area (Å²) in [6.45, 7) is 6.44. The van der Waals surface area contributed by atoms with E-state index in [4.69, 9.17) is 16.3 Å². The van der Waals surface area contributed by atoms with Crippen molar-refractivity contribution in [3.05, 3.63) is 28.8 Å². The zero-order valence-corrected chi connectivity index (χ0v) is 15.2. The summed E-state index contributed by atoms with van der Waals surface area (Å²) in [5, 5.41) is 0.677. The minimum atomic E-state index is 0.0576. The molecule has 5 heteroatoms. The first-order chi connectivity index (χ1) is 11.7. The topological polar surface area (TPSA) is 32.8 Å². The van der Waals surface area contributed by atoms with Gasteiger partial charge in [-0.1, -0.05) is 18.5 Å². The molecule has 0 N–H and O–H groups in total. The number of anilines is 1. The average Bonchev–Trinajstić information content (AvgIpc) is 3.27. The number of hydrogen-bond acceptors (Lipinski definition) is 3. The van der Waals surface area contributed by atoms with E-state index in [0.29, 0.717) is 17.1 Å². The lowest BCUT2D eigenvalue weighted by Crippen LogP contribution is -2.38. The van der Waals surface area contributed by atoms with Gasteiger partial charge in [0, 0.05) is 38.3 Å². The maximum absolute atomic E-state index is 12.9. The highest BCUT2D eigenvalue weighted by Crippen LogP contribution is 2.30. The van der Waals surface area contributed by atoms with Crippen molar-refractivity contribution in [2.75, 3.05) is 37.7 Å². The van der Waals surface area contributed by atoms with Gasteiger partial charge in [-0.05, 0) is 50.3 Å². The van der Waals surface area contributed by atoms with Gasteiger partial charge in [-0.25, -0.2) is 0 Å². The van der Waals surface area contributed by atoms with Crippen molar-refractivity contribution in [1.29, 1.82) is 0 Å². The summed E-state index contributed by atoms with van der Waals surface area (Å²) in [6.07, 6.45) is 5.68. The highest BCUT2D eigenvalue weighted by Gasteiger charge is 2.24. The molecule has 1 amide bonds. The lowest BCUT2D eigenvalue weighted by atomic mass is 10.1. The number of nitrogens with zero attached hydrogens (tertiary/aromatic N) is 2. The number of carbonyl (C=O) groups excluding carboxylic acids is 1. The van der Waals surface area contributed by atoms with Crippen molar-refractivity contribution in [2.45, 2.75) is 45.1 Å². The Morgan fingerprint density at radius 3 is 2.75 bits per heavy atom. The van der Waals surface area contributed by atoms with Gasteiger partial charge in [0.15, 0.2) is 0 Å². The second-order valence-corrected chi connectivity index (χ2v) is 7.15. The molecular formula is C19H27ClN2O2. The Labute approximate surface area is 149 Å². The van der Waals surface area contributed by atoms with Gasteiger partial charge in [0.2, 0.25) is 0 Å². The molecule has 0 radical (unpaired) electrons. The summed E-state index contributed by atoms with van der Waals surface area (Å²) in [7, 11) is 0. The standard InChI is InChI=1S/C19H27ClN2O2/c1-2-9-22(14-16-6-5-12-24-16)19(23)15-7-8-18(17(20)13-15)21-10-3-4-11-21/h7-8,13,16H,2-6,9-12,14H2,1H3/t16-/m1/s1. The number of hydrogen-bond donors (Lipinski definition) is 0. The van der Waals surface area contributed by atoms with Gasteiger partial charge in [-0.3, -0.25) is 4.79 Å². The number of benzene rings is 1. The molecule has 2 aliphatic heterocycles. The van der Waals surface area contributed by atoms with Crippen molar-refractivity contribution >= 4 is 23.2 Å². The average molecular weight is 351 g/mol. The van der Waals surface area contributed by atoms with Crippen molar-refractivity contribution in [2.24, 2.45) is 0 Å². The Bertz CT molecular complexity index is 566. The van der Waals surface area contributed by atoms with Crippen LogP contribution < -0.4 is 4.90 Å². The van der Waals surface area contributed by atoms with E-state index in [1.54, 1.807) is 0 Å².